The van der Waals surface area contributed by atoms with E-state index in [-0.39, 0.29) is 11.3 Å². The lowest BCUT2D eigenvalue weighted by atomic mass is 9.96. The number of carbonyl (C=O) groups is 2. The fourth-order valence-electron chi connectivity index (χ4n) is 3.90. The number of carbonyl (C=O) groups excluding carboxylic acids is 2. The second kappa shape index (κ2) is 7.64. The number of fused-ring (bicyclic) bond motifs is 1. The number of aryl methyl sites for hydroxylation is 2. The van der Waals surface area contributed by atoms with Gasteiger partial charge < -0.3 is 5.11 Å². The van der Waals surface area contributed by atoms with E-state index < -0.39 is 17.7 Å². The van der Waals surface area contributed by atoms with E-state index in [0.29, 0.717) is 32.7 Å². The van der Waals surface area contributed by atoms with Gasteiger partial charge in [-0.2, -0.15) is 0 Å². The van der Waals surface area contributed by atoms with Crippen LogP contribution in [0.25, 0.3) is 11.4 Å². The molecule has 4 heterocycles. The van der Waals surface area contributed by atoms with E-state index in [1.165, 1.54) is 16.2 Å². The predicted molar refractivity (Wildman–Crippen MR) is 123 cm³/mol. The van der Waals surface area contributed by atoms with Crippen LogP contribution in [0.2, 0.25) is 0 Å². The number of nitrogens with zero attached hydrogens (tertiary/aromatic N) is 5. The summed E-state index contributed by atoms with van der Waals surface area (Å²) in [6, 6.07) is 11.8. The second-order valence-corrected chi connectivity index (χ2v) is 9.37. The molecule has 1 aliphatic rings. The van der Waals surface area contributed by atoms with Crippen LogP contribution in [0.4, 0.5) is 5.13 Å². The van der Waals surface area contributed by atoms with E-state index in [1.54, 1.807) is 48.7 Å². The van der Waals surface area contributed by atoms with Gasteiger partial charge in [0, 0.05) is 10.7 Å². The summed E-state index contributed by atoms with van der Waals surface area (Å²) in [5.41, 5.74) is 2.18. The van der Waals surface area contributed by atoms with Gasteiger partial charge in [0.2, 0.25) is 5.13 Å². The van der Waals surface area contributed by atoms with Crippen molar-refractivity contribution in [1.82, 2.24) is 19.6 Å². The van der Waals surface area contributed by atoms with E-state index in [4.69, 9.17) is 0 Å². The predicted octanol–water partition coefficient (Wildman–Crippen LogP) is 4.19. The molecular weight excluding hydrogens is 494 g/mol. The molecule has 0 aliphatic carbocycles. The molecule has 5 rings (SSSR count). The highest BCUT2D eigenvalue weighted by atomic mass is 79.9. The Morgan fingerprint density at radius 3 is 2.53 bits per heavy atom. The zero-order chi connectivity index (χ0) is 22.6. The molecule has 1 aliphatic heterocycles. The maximum absolute atomic E-state index is 13.2. The Balaban J connectivity index is 1.78. The summed E-state index contributed by atoms with van der Waals surface area (Å²) in [7, 11) is 0. The van der Waals surface area contributed by atoms with Gasteiger partial charge in [-0.1, -0.05) is 45.5 Å². The number of Topliss-reactive ketones (excluding diaryl/α,β-unsaturated/α-hetero) is 1. The van der Waals surface area contributed by atoms with Gasteiger partial charge in [-0.05, 0) is 43.7 Å². The Morgan fingerprint density at radius 2 is 1.84 bits per heavy atom. The van der Waals surface area contributed by atoms with E-state index in [0.717, 1.165) is 4.47 Å². The largest absolute Gasteiger partial charge is 0.505 e. The molecule has 0 radical (unpaired) electrons. The Kier molecular flexibility index (Phi) is 4.90. The Hall–Kier alpha value is -3.37. The maximum atomic E-state index is 13.2. The van der Waals surface area contributed by atoms with Crippen molar-refractivity contribution in [2.75, 3.05) is 4.90 Å². The van der Waals surface area contributed by atoms with Crippen molar-refractivity contribution >= 4 is 55.5 Å². The molecule has 1 amide bonds. The first-order chi connectivity index (χ1) is 15.4. The van der Waals surface area contributed by atoms with Crippen molar-refractivity contribution in [3.05, 3.63) is 80.7 Å². The lowest BCUT2D eigenvalue weighted by Gasteiger charge is -2.22. The van der Waals surface area contributed by atoms with Crippen LogP contribution in [0.1, 0.15) is 28.0 Å². The molecule has 1 N–H and O–H groups in total. The number of hydrogen-bond acceptors (Lipinski definition) is 7. The number of pyridine rings is 1. The van der Waals surface area contributed by atoms with Crippen LogP contribution in [0.5, 0.6) is 0 Å². The van der Waals surface area contributed by atoms with Crippen LogP contribution in [0.15, 0.2) is 58.7 Å². The fraction of sp³-hybridized carbons (Fsp3) is 0.136. The van der Waals surface area contributed by atoms with Crippen LogP contribution >= 0.6 is 27.3 Å². The standard InChI is InChI=1S/C22H16BrN5O3S/c1-11-17(27-10-4-3-5-15(27)24-11)19(29)16-18(13-6-8-14(23)9-7-13)28(21(31)20(16)30)22-26-25-12(2)32-22/h3-10,18,29H,1-2H3. The van der Waals surface area contributed by atoms with Gasteiger partial charge in [0.15, 0.2) is 5.76 Å². The molecule has 1 aromatic carbocycles. The molecule has 8 nitrogen and oxygen atoms in total. The Bertz CT molecular complexity index is 1420. The molecule has 1 unspecified atom stereocenters. The van der Waals surface area contributed by atoms with Crippen LogP contribution in [-0.2, 0) is 9.59 Å². The van der Waals surface area contributed by atoms with E-state index in [9.17, 15) is 14.7 Å². The number of aromatic nitrogens is 4. The van der Waals surface area contributed by atoms with Crippen molar-refractivity contribution < 1.29 is 14.7 Å². The quantitative estimate of drug-likeness (QED) is 0.252. The number of aliphatic hydroxyl groups is 1. The highest BCUT2D eigenvalue weighted by molar-refractivity contribution is 9.10. The fourth-order valence-corrected chi connectivity index (χ4v) is 4.88. The van der Waals surface area contributed by atoms with E-state index in [1.807, 2.05) is 18.2 Å². The number of aliphatic hydroxyl groups excluding tert-OH is 1. The monoisotopic (exact) mass is 509 g/mol. The molecule has 0 spiro atoms. The van der Waals surface area contributed by atoms with Crippen molar-refractivity contribution in [1.29, 1.82) is 0 Å². The number of benzene rings is 1. The van der Waals surface area contributed by atoms with E-state index in [2.05, 4.69) is 31.1 Å². The summed E-state index contributed by atoms with van der Waals surface area (Å²) in [6.07, 6.45) is 1.75. The molecule has 0 bridgehead atoms. The lowest BCUT2D eigenvalue weighted by molar-refractivity contribution is -0.132. The second-order valence-electron chi connectivity index (χ2n) is 7.30. The summed E-state index contributed by atoms with van der Waals surface area (Å²) >= 11 is 4.62. The zero-order valence-corrected chi connectivity index (χ0v) is 19.4. The van der Waals surface area contributed by atoms with Gasteiger partial charge in [0.25, 0.3) is 5.78 Å². The molecule has 1 saturated heterocycles. The Labute approximate surface area is 195 Å². The van der Waals surface area contributed by atoms with Crippen molar-refractivity contribution in [2.45, 2.75) is 19.9 Å². The van der Waals surface area contributed by atoms with Gasteiger partial charge in [0.05, 0.1) is 17.3 Å². The van der Waals surface area contributed by atoms with E-state index >= 15 is 0 Å². The number of rotatable bonds is 3. The minimum absolute atomic E-state index is 0.0149. The summed E-state index contributed by atoms with van der Waals surface area (Å²) in [5.74, 6) is -1.83. The number of amides is 1. The maximum Gasteiger partial charge on any atom is 0.301 e. The van der Waals surface area contributed by atoms with Crippen LogP contribution in [0.3, 0.4) is 0 Å². The molecule has 4 aromatic rings. The minimum Gasteiger partial charge on any atom is -0.505 e. The van der Waals surface area contributed by atoms with Gasteiger partial charge in [-0.25, -0.2) is 4.98 Å². The molecule has 1 atom stereocenters. The first-order valence-electron chi connectivity index (χ1n) is 9.67. The minimum atomic E-state index is -0.857. The first kappa shape index (κ1) is 20.5. The van der Waals surface area contributed by atoms with Gasteiger partial charge >= 0.3 is 5.91 Å². The number of hydrogen-bond donors (Lipinski definition) is 1. The third-order valence-corrected chi connectivity index (χ3v) is 6.65. The van der Waals surface area contributed by atoms with Gasteiger partial charge in [-0.3, -0.25) is 18.9 Å². The summed E-state index contributed by atoms with van der Waals surface area (Å²) in [4.78, 5) is 32.2. The highest BCUT2D eigenvalue weighted by Gasteiger charge is 2.48. The molecule has 1 fully saturated rings. The molecule has 10 heteroatoms. The van der Waals surface area contributed by atoms with Crippen molar-refractivity contribution in [3.63, 3.8) is 0 Å². The number of anilines is 1. The Morgan fingerprint density at radius 1 is 1.09 bits per heavy atom. The number of ketones is 1. The van der Waals surface area contributed by atoms with Crippen molar-refractivity contribution in [2.24, 2.45) is 0 Å². The third-order valence-electron chi connectivity index (χ3n) is 5.28. The highest BCUT2D eigenvalue weighted by Crippen LogP contribution is 2.43. The first-order valence-corrected chi connectivity index (χ1v) is 11.3. The smallest absolute Gasteiger partial charge is 0.301 e. The topological polar surface area (TPSA) is 101 Å². The number of halogens is 1. The summed E-state index contributed by atoms with van der Waals surface area (Å²) in [5, 5.41) is 20.5. The van der Waals surface area contributed by atoms with Gasteiger partial charge in [-0.15, -0.1) is 10.2 Å². The average molecular weight is 510 g/mol. The average Bonchev–Trinajstić information content (AvgIpc) is 3.42. The van der Waals surface area contributed by atoms with Crippen LogP contribution in [0, 0.1) is 13.8 Å². The molecule has 0 saturated carbocycles. The molecule has 32 heavy (non-hydrogen) atoms. The SMILES string of the molecule is Cc1nnc(N2C(=O)C(=O)C(=C(O)c3c(C)nc4ccccn34)C2c2ccc(Br)cc2)s1. The zero-order valence-electron chi connectivity index (χ0n) is 17.0. The molecule has 3 aromatic heterocycles. The lowest BCUT2D eigenvalue weighted by Crippen LogP contribution is -2.29. The number of imidazole rings is 1. The van der Waals surface area contributed by atoms with Crippen LogP contribution < -0.4 is 4.90 Å². The molecule has 160 valence electrons. The van der Waals surface area contributed by atoms with Gasteiger partial charge in [0.1, 0.15) is 16.3 Å². The summed E-state index contributed by atoms with van der Waals surface area (Å²) < 4.78 is 2.55. The summed E-state index contributed by atoms with van der Waals surface area (Å²) in [6.45, 7) is 3.52. The third kappa shape index (κ3) is 3.14. The van der Waals surface area contributed by atoms with Crippen molar-refractivity contribution in [3.8, 4) is 0 Å². The van der Waals surface area contributed by atoms with Crippen LogP contribution in [-0.4, -0.2) is 36.4 Å². The molecular formula is C22H16BrN5O3S. The normalized spacial score (nSPS) is 18.1.